The zero-order chi connectivity index (χ0) is 14.0. The predicted molar refractivity (Wildman–Crippen MR) is 86.7 cm³/mol. The fraction of sp³-hybridized carbons (Fsp3) is 0.500. The Morgan fingerprint density at radius 3 is 2.89 bits per heavy atom. The van der Waals surface area contributed by atoms with Crippen LogP contribution in [0.5, 0.6) is 0 Å². The molecule has 2 rings (SSSR count). The monoisotopic (exact) mass is 342 g/mol. The molecule has 0 aliphatic carbocycles. The lowest BCUT2D eigenvalue weighted by Crippen LogP contribution is -2.40. The van der Waals surface area contributed by atoms with Gasteiger partial charge in [0.05, 0.1) is 5.60 Å². The van der Waals surface area contributed by atoms with Crippen molar-refractivity contribution < 1.29 is 4.74 Å². The van der Waals surface area contributed by atoms with Gasteiger partial charge in [0.15, 0.2) is 0 Å². The molecule has 1 aromatic rings. The van der Waals surface area contributed by atoms with E-state index in [0.29, 0.717) is 11.0 Å². The minimum Gasteiger partial charge on any atom is -0.389 e. The third-order valence-electron chi connectivity index (χ3n) is 3.32. The highest BCUT2D eigenvalue weighted by molar-refractivity contribution is 9.10. The van der Waals surface area contributed by atoms with Crippen LogP contribution >= 0.6 is 28.1 Å². The first kappa shape index (κ1) is 14.8. The Morgan fingerprint density at radius 1 is 1.53 bits per heavy atom. The molecule has 1 aromatic carbocycles. The number of halogens is 1. The molecule has 0 spiro atoms. The Hall–Kier alpha value is -0.650. The first-order valence-electron chi connectivity index (χ1n) is 6.38. The summed E-state index contributed by atoms with van der Waals surface area (Å²) in [6.45, 7) is 5.02. The average Bonchev–Trinajstić information content (AvgIpc) is 2.26. The van der Waals surface area contributed by atoms with E-state index >= 15 is 0 Å². The minimum atomic E-state index is -0.0781. The molecule has 0 saturated carbocycles. The molecule has 5 heteroatoms. The Morgan fingerprint density at radius 2 is 2.26 bits per heavy atom. The van der Waals surface area contributed by atoms with Crippen LogP contribution in [0.4, 0.5) is 5.69 Å². The van der Waals surface area contributed by atoms with Gasteiger partial charge in [-0.2, -0.15) is 0 Å². The van der Waals surface area contributed by atoms with Crippen LogP contribution in [0.3, 0.4) is 0 Å². The molecule has 0 aromatic heterocycles. The molecule has 3 nitrogen and oxygen atoms in total. The summed E-state index contributed by atoms with van der Waals surface area (Å²) in [7, 11) is 0. The molecule has 0 radical (unpaired) electrons. The number of rotatable bonds is 3. The van der Waals surface area contributed by atoms with Crippen LogP contribution in [0.2, 0.25) is 0 Å². The molecule has 1 aliphatic rings. The van der Waals surface area contributed by atoms with Crippen molar-refractivity contribution >= 4 is 38.8 Å². The Labute approximate surface area is 128 Å². The third kappa shape index (κ3) is 3.68. The quantitative estimate of drug-likeness (QED) is 0.826. The molecular formula is C14H19BrN2OS. The molecule has 1 heterocycles. The van der Waals surface area contributed by atoms with Gasteiger partial charge < -0.3 is 15.8 Å². The van der Waals surface area contributed by atoms with E-state index < -0.39 is 0 Å². The summed E-state index contributed by atoms with van der Waals surface area (Å²) < 4.78 is 6.66. The van der Waals surface area contributed by atoms with Crippen LogP contribution in [0.25, 0.3) is 0 Å². The van der Waals surface area contributed by atoms with Crippen LogP contribution in [0.1, 0.15) is 32.3 Å². The second-order valence-electron chi connectivity index (χ2n) is 5.47. The zero-order valence-electron chi connectivity index (χ0n) is 11.2. The largest absolute Gasteiger partial charge is 0.389 e. The molecule has 104 valence electrons. The maximum absolute atomic E-state index is 5.81. The van der Waals surface area contributed by atoms with Gasteiger partial charge in [0.2, 0.25) is 0 Å². The summed E-state index contributed by atoms with van der Waals surface area (Å²) in [5.74, 6) is 0. The SMILES string of the molecule is CC1(C)CC(Nc2cccc(Br)c2C(N)=S)CCO1. The van der Waals surface area contributed by atoms with Gasteiger partial charge in [-0.3, -0.25) is 0 Å². The summed E-state index contributed by atoms with van der Waals surface area (Å²) in [4.78, 5) is 0.404. The molecule has 3 N–H and O–H groups in total. The molecular weight excluding hydrogens is 324 g/mol. The summed E-state index contributed by atoms with van der Waals surface area (Å²) in [6, 6.07) is 6.33. The molecule has 1 saturated heterocycles. The van der Waals surface area contributed by atoms with E-state index in [9.17, 15) is 0 Å². The lowest BCUT2D eigenvalue weighted by Gasteiger charge is -2.36. The highest BCUT2D eigenvalue weighted by Crippen LogP contribution is 2.30. The maximum Gasteiger partial charge on any atom is 0.107 e. The van der Waals surface area contributed by atoms with Crippen molar-refractivity contribution in [3.63, 3.8) is 0 Å². The molecule has 1 aliphatic heterocycles. The fourth-order valence-corrected chi connectivity index (χ4v) is 3.40. The smallest absolute Gasteiger partial charge is 0.107 e. The van der Waals surface area contributed by atoms with E-state index in [2.05, 4.69) is 35.1 Å². The van der Waals surface area contributed by atoms with E-state index in [1.54, 1.807) is 0 Å². The maximum atomic E-state index is 5.81. The molecule has 19 heavy (non-hydrogen) atoms. The summed E-state index contributed by atoms with van der Waals surface area (Å²) in [5, 5.41) is 3.55. The van der Waals surface area contributed by atoms with Crippen molar-refractivity contribution in [2.45, 2.75) is 38.3 Å². The molecule has 1 unspecified atom stereocenters. The highest BCUT2D eigenvalue weighted by Gasteiger charge is 2.29. The third-order valence-corrected chi connectivity index (χ3v) is 4.18. The number of thiocarbonyl (C=S) groups is 1. The molecule has 0 amide bonds. The number of benzene rings is 1. The van der Waals surface area contributed by atoms with Gasteiger partial charge in [-0.15, -0.1) is 0 Å². The van der Waals surface area contributed by atoms with Crippen molar-refractivity contribution in [2.75, 3.05) is 11.9 Å². The van der Waals surface area contributed by atoms with Crippen molar-refractivity contribution in [1.29, 1.82) is 0 Å². The van der Waals surface area contributed by atoms with Gasteiger partial charge >= 0.3 is 0 Å². The van der Waals surface area contributed by atoms with E-state index in [1.807, 2.05) is 18.2 Å². The van der Waals surface area contributed by atoms with Gasteiger partial charge in [-0.1, -0.05) is 18.3 Å². The molecule has 1 atom stereocenters. The van der Waals surface area contributed by atoms with Gasteiger partial charge in [-0.25, -0.2) is 0 Å². The van der Waals surface area contributed by atoms with Crippen molar-refractivity contribution in [2.24, 2.45) is 5.73 Å². The van der Waals surface area contributed by atoms with Crippen LogP contribution in [0, 0.1) is 0 Å². The van der Waals surface area contributed by atoms with Gasteiger partial charge in [0.1, 0.15) is 4.99 Å². The summed E-state index contributed by atoms with van der Waals surface area (Å²) >= 11 is 8.64. The Balaban J connectivity index is 2.19. The predicted octanol–water partition coefficient (Wildman–Crippen LogP) is 3.45. The molecule has 0 bridgehead atoms. The van der Waals surface area contributed by atoms with E-state index in [-0.39, 0.29) is 5.60 Å². The van der Waals surface area contributed by atoms with E-state index in [1.165, 1.54) is 0 Å². The van der Waals surface area contributed by atoms with Crippen LogP contribution in [0.15, 0.2) is 22.7 Å². The first-order chi connectivity index (χ1) is 8.89. The van der Waals surface area contributed by atoms with Crippen LogP contribution in [-0.2, 0) is 4.74 Å². The second-order valence-corrected chi connectivity index (χ2v) is 6.76. The number of ether oxygens (including phenoxy) is 1. The van der Waals surface area contributed by atoms with Crippen molar-refractivity contribution in [1.82, 2.24) is 0 Å². The Kier molecular flexibility index (Phi) is 4.48. The number of hydrogen-bond donors (Lipinski definition) is 2. The Bertz CT molecular complexity index is 490. The standard InChI is InChI=1S/C14H19BrN2OS/c1-14(2)8-9(6-7-18-14)17-11-5-3-4-10(15)12(11)13(16)19/h3-5,9,17H,6-8H2,1-2H3,(H2,16,19). The van der Waals surface area contributed by atoms with Crippen molar-refractivity contribution in [3.8, 4) is 0 Å². The van der Waals surface area contributed by atoms with E-state index in [0.717, 1.165) is 35.2 Å². The number of nitrogens with two attached hydrogens (primary N) is 1. The molecule has 1 fully saturated rings. The van der Waals surface area contributed by atoms with E-state index in [4.69, 9.17) is 22.7 Å². The van der Waals surface area contributed by atoms with Crippen LogP contribution < -0.4 is 11.1 Å². The average molecular weight is 343 g/mol. The first-order valence-corrected chi connectivity index (χ1v) is 7.58. The number of nitrogens with one attached hydrogen (secondary N) is 1. The lowest BCUT2D eigenvalue weighted by atomic mass is 9.93. The minimum absolute atomic E-state index is 0.0781. The van der Waals surface area contributed by atoms with Gasteiger partial charge in [0, 0.05) is 28.4 Å². The zero-order valence-corrected chi connectivity index (χ0v) is 13.6. The summed E-state index contributed by atoms with van der Waals surface area (Å²) in [5.41, 5.74) is 7.60. The fourth-order valence-electron chi connectivity index (χ4n) is 2.47. The number of hydrogen-bond acceptors (Lipinski definition) is 3. The normalized spacial score (nSPS) is 21.9. The van der Waals surface area contributed by atoms with Crippen LogP contribution in [-0.4, -0.2) is 23.2 Å². The highest BCUT2D eigenvalue weighted by atomic mass is 79.9. The second kappa shape index (κ2) is 5.77. The van der Waals surface area contributed by atoms with Gasteiger partial charge in [0.25, 0.3) is 0 Å². The van der Waals surface area contributed by atoms with Crippen molar-refractivity contribution in [3.05, 3.63) is 28.2 Å². The summed E-state index contributed by atoms with van der Waals surface area (Å²) in [6.07, 6.45) is 1.96. The lowest BCUT2D eigenvalue weighted by molar-refractivity contribution is -0.0553. The number of anilines is 1. The van der Waals surface area contributed by atoms with Gasteiger partial charge in [-0.05, 0) is 54.8 Å². The topological polar surface area (TPSA) is 47.3 Å².